The lowest BCUT2D eigenvalue weighted by atomic mass is 9.96. The van der Waals surface area contributed by atoms with Crippen molar-refractivity contribution in [2.24, 2.45) is 5.92 Å². The van der Waals surface area contributed by atoms with E-state index in [-0.39, 0.29) is 30.2 Å². The summed E-state index contributed by atoms with van der Waals surface area (Å²) in [4.78, 5) is 41.9. The Balaban J connectivity index is 2.48. The van der Waals surface area contributed by atoms with Crippen LogP contribution in [0.5, 0.6) is 5.75 Å². The Labute approximate surface area is 220 Å². The first kappa shape index (κ1) is 29.7. The zero-order valence-electron chi connectivity index (χ0n) is 22.9. The third-order valence-electron chi connectivity index (χ3n) is 5.95. The molecule has 0 aliphatic rings. The zero-order chi connectivity index (χ0) is 27.8. The molecule has 8 heteroatoms. The van der Waals surface area contributed by atoms with E-state index in [0.29, 0.717) is 12.0 Å². The molecule has 3 unspecified atom stereocenters. The molecule has 202 valence electrons. The Bertz CT molecular complexity index is 1050. The molecule has 3 atom stereocenters. The minimum absolute atomic E-state index is 0.0119. The second-order valence-corrected chi connectivity index (χ2v) is 10.6. The van der Waals surface area contributed by atoms with Crippen LogP contribution >= 0.6 is 0 Å². The Hall–Kier alpha value is -3.55. The average molecular weight is 512 g/mol. The second-order valence-electron chi connectivity index (χ2n) is 10.6. The molecule has 0 heterocycles. The quantitative estimate of drug-likeness (QED) is 0.419. The molecule has 0 fully saturated rings. The van der Waals surface area contributed by atoms with Crippen LogP contribution in [0.2, 0.25) is 0 Å². The summed E-state index contributed by atoms with van der Waals surface area (Å²) in [6.45, 7) is 13.0. The average Bonchev–Trinajstić information content (AvgIpc) is 2.82. The number of hydrogen-bond donors (Lipinski definition) is 3. The van der Waals surface area contributed by atoms with Gasteiger partial charge in [0.05, 0.1) is 0 Å². The number of carbonyl (C=O) groups is 3. The molecule has 3 amide bonds. The largest absolute Gasteiger partial charge is 0.508 e. The lowest BCUT2D eigenvalue weighted by Gasteiger charge is -2.39. The Morgan fingerprint density at radius 1 is 1.00 bits per heavy atom. The number of aromatic hydroxyl groups is 1. The highest BCUT2D eigenvalue weighted by Gasteiger charge is 2.39. The Kier molecular flexibility index (Phi) is 10.5. The summed E-state index contributed by atoms with van der Waals surface area (Å²) in [5.74, 6) is -1.08. The van der Waals surface area contributed by atoms with Crippen LogP contribution in [-0.4, -0.2) is 45.6 Å². The first-order valence-corrected chi connectivity index (χ1v) is 12.8. The normalized spacial score (nSPS) is 13.8. The third-order valence-corrected chi connectivity index (χ3v) is 5.95. The second kappa shape index (κ2) is 13.1. The van der Waals surface area contributed by atoms with Gasteiger partial charge in [-0.05, 0) is 63.3 Å². The highest BCUT2D eigenvalue weighted by atomic mass is 16.6. The van der Waals surface area contributed by atoms with Crippen LogP contribution in [0.25, 0.3) is 0 Å². The molecule has 0 saturated carbocycles. The lowest BCUT2D eigenvalue weighted by Crippen LogP contribution is -2.57. The van der Waals surface area contributed by atoms with Gasteiger partial charge in [-0.25, -0.2) is 4.79 Å². The predicted molar refractivity (Wildman–Crippen MR) is 144 cm³/mol. The fourth-order valence-electron chi connectivity index (χ4n) is 3.92. The van der Waals surface area contributed by atoms with Crippen LogP contribution in [0.4, 0.5) is 4.79 Å². The van der Waals surface area contributed by atoms with Gasteiger partial charge >= 0.3 is 6.09 Å². The van der Waals surface area contributed by atoms with Gasteiger partial charge in [-0.15, -0.1) is 0 Å². The molecule has 0 radical (unpaired) electrons. The molecule has 0 aromatic heterocycles. The van der Waals surface area contributed by atoms with Crippen LogP contribution in [0, 0.1) is 5.92 Å². The van der Waals surface area contributed by atoms with E-state index >= 15 is 0 Å². The van der Waals surface area contributed by atoms with E-state index in [0.717, 1.165) is 5.56 Å². The number of hydrogen-bond acceptors (Lipinski definition) is 5. The van der Waals surface area contributed by atoms with Crippen molar-refractivity contribution in [2.75, 3.05) is 0 Å². The van der Waals surface area contributed by atoms with Crippen molar-refractivity contribution >= 4 is 17.9 Å². The third kappa shape index (κ3) is 8.81. The summed E-state index contributed by atoms with van der Waals surface area (Å²) in [6.07, 6.45) is -0.129. The molecule has 0 aliphatic heterocycles. The molecule has 8 nitrogen and oxygen atoms in total. The minimum Gasteiger partial charge on any atom is -0.508 e. The van der Waals surface area contributed by atoms with Crippen molar-refractivity contribution in [2.45, 2.75) is 85.2 Å². The van der Waals surface area contributed by atoms with Crippen LogP contribution in [0.15, 0.2) is 54.6 Å². The van der Waals surface area contributed by atoms with Gasteiger partial charge in [0, 0.05) is 12.6 Å². The van der Waals surface area contributed by atoms with Crippen molar-refractivity contribution in [3.05, 3.63) is 65.7 Å². The fraction of sp³-hybridized carbons (Fsp3) is 0.483. The maximum absolute atomic E-state index is 14.1. The number of phenolic OH excluding ortho intramolecular Hbond substituents is 1. The van der Waals surface area contributed by atoms with Gasteiger partial charge in [-0.1, -0.05) is 63.2 Å². The highest BCUT2D eigenvalue weighted by molar-refractivity contribution is 5.92. The molecule has 2 rings (SSSR count). The number of nitrogens with zero attached hydrogens (tertiary/aromatic N) is 1. The van der Waals surface area contributed by atoms with E-state index in [1.54, 1.807) is 32.9 Å². The van der Waals surface area contributed by atoms with E-state index in [1.165, 1.54) is 17.0 Å². The van der Waals surface area contributed by atoms with Gasteiger partial charge in [-0.2, -0.15) is 0 Å². The number of alkyl carbamates (subject to hydrolysis) is 1. The summed E-state index contributed by atoms with van der Waals surface area (Å²) >= 11 is 0. The molecule has 0 spiro atoms. The van der Waals surface area contributed by atoms with Gasteiger partial charge in [0.2, 0.25) is 11.8 Å². The first-order valence-electron chi connectivity index (χ1n) is 12.8. The SMILES string of the molecule is CCC(C)N(C(=O)C(NC(=O)OC(C)(C)C)C(C)C)C(C(=O)NCc1ccccc1)c1cccc(O)c1. The van der Waals surface area contributed by atoms with Crippen molar-refractivity contribution in [1.82, 2.24) is 15.5 Å². The van der Waals surface area contributed by atoms with Crippen LogP contribution in [0.3, 0.4) is 0 Å². The monoisotopic (exact) mass is 511 g/mol. The Morgan fingerprint density at radius 2 is 1.65 bits per heavy atom. The van der Waals surface area contributed by atoms with E-state index in [2.05, 4.69) is 10.6 Å². The molecular weight excluding hydrogens is 470 g/mol. The summed E-state index contributed by atoms with van der Waals surface area (Å²) in [5, 5.41) is 15.8. The molecule has 3 N–H and O–H groups in total. The molecular formula is C29H41N3O5. The van der Waals surface area contributed by atoms with Gasteiger partial charge in [-0.3, -0.25) is 9.59 Å². The molecule has 0 saturated heterocycles. The van der Waals surface area contributed by atoms with Crippen LogP contribution < -0.4 is 10.6 Å². The summed E-state index contributed by atoms with van der Waals surface area (Å²) in [7, 11) is 0. The summed E-state index contributed by atoms with van der Waals surface area (Å²) < 4.78 is 5.40. The fourth-order valence-corrected chi connectivity index (χ4v) is 3.92. The minimum atomic E-state index is -1.03. The van der Waals surface area contributed by atoms with Crippen LogP contribution in [0.1, 0.15) is 72.1 Å². The van der Waals surface area contributed by atoms with Crippen molar-refractivity contribution < 1.29 is 24.2 Å². The first-order chi connectivity index (χ1) is 17.3. The van der Waals surface area contributed by atoms with Gasteiger partial charge in [0.15, 0.2) is 0 Å². The number of carbonyl (C=O) groups excluding carboxylic acids is 3. The topological polar surface area (TPSA) is 108 Å². The summed E-state index contributed by atoms with van der Waals surface area (Å²) in [6, 6.07) is 13.5. The van der Waals surface area contributed by atoms with Crippen molar-refractivity contribution in [3.8, 4) is 5.75 Å². The lowest BCUT2D eigenvalue weighted by molar-refractivity contribution is -0.146. The summed E-state index contributed by atoms with van der Waals surface area (Å²) in [5.41, 5.74) is 0.657. The predicted octanol–water partition coefficient (Wildman–Crippen LogP) is 4.93. The number of amides is 3. The van der Waals surface area contributed by atoms with Gasteiger partial charge in [0.25, 0.3) is 0 Å². The maximum atomic E-state index is 14.1. The number of nitrogens with one attached hydrogen (secondary N) is 2. The van der Waals surface area contributed by atoms with Gasteiger partial charge in [0.1, 0.15) is 23.4 Å². The smallest absolute Gasteiger partial charge is 0.408 e. The standard InChI is InChI=1S/C29H41N3O5/c1-8-20(4)32(27(35)24(19(2)3)31-28(36)37-29(5,6)7)25(22-15-12-16-23(33)17-22)26(34)30-18-21-13-10-9-11-14-21/h9-17,19-20,24-25,33H,8,18H2,1-7H3,(H,30,34)(H,31,36). The molecule has 2 aromatic carbocycles. The van der Waals surface area contributed by atoms with Gasteiger partial charge < -0.3 is 25.4 Å². The molecule has 0 aliphatic carbocycles. The highest BCUT2D eigenvalue weighted by Crippen LogP contribution is 2.29. The van der Waals surface area contributed by atoms with E-state index in [1.807, 2.05) is 58.0 Å². The maximum Gasteiger partial charge on any atom is 0.408 e. The number of phenols is 1. The molecule has 37 heavy (non-hydrogen) atoms. The molecule has 2 aromatic rings. The van der Waals surface area contributed by atoms with Crippen molar-refractivity contribution in [3.63, 3.8) is 0 Å². The van der Waals surface area contributed by atoms with Crippen LogP contribution in [-0.2, 0) is 20.9 Å². The van der Waals surface area contributed by atoms with Crippen molar-refractivity contribution in [1.29, 1.82) is 0 Å². The Morgan fingerprint density at radius 3 is 2.19 bits per heavy atom. The molecule has 0 bridgehead atoms. The van der Waals surface area contributed by atoms with E-state index < -0.39 is 29.7 Å². The number of ether oxygens (including phenoxy) is 1. The number of rotatable bonds is 10. The van der Waals surface area contributed by atoms with E-state index in [9.17, 15) is 19.5 Å². The van der Waals surface area contributed by atoms with E-state index in [4.69, 9.17) is 4.74 Å². The number of benzene rings is 2. The zero-order valence-corrected chi connectivity index (χ0v) is 22.9.